The first-order chi connectivity index (χ1) is 12.6. The molecule has 0 aliphatic heterocycles. The van der Waals surface area contributed by atoms with E-state index in [0.717, 1.165) is 12.2 Å². The predicted molar refractivity (Wildman–Crippen MR) is 96.4 cm³/mol. The van der Waals surface area contributed by atoms with E-state index in [0.29, 0.717) is 23.9 Å². The zero-order chi connectivity index (χ0) is 18.4. The standard InChI is InChI=1S/C18H19N5O3/c1-12-9-16(23-26-12)22-18(24)15-10-21-17(11-20-15)19-8-7-13-3-5-14(25-2)6-4-13/h3-6,9-11H,7-8H2,1-2H3,(H,19,21)(H,22,23,24). The number of hydrogen-bond donors (Lipinski definition) is 2. The molecule has 134 valence electrons. The lowest BCUT2D eigenvalue weighted by molar-refractivity contribution is 0.102. The van der Waals surface area contributed by atoms with Crippen molar-refractivity contribution in [2.24, 2.45) is 0 Å². The van der Waals surface area contributed by atoms with Crippen LogP contribution in [-0.2, 0) is 6.42 Å². The summed E-state index contributed by atoms with van der Waals surface area (Å²) in [5.74, 6) is 2.00. The number of benzene rings is 1. The van der Waals surface area contributed by atoms with Gasteiger partial charge in [-0.15, -0.1) is 0 Å². The van der Waals surface area contributed by atoms with Crippen LogP contribution in [-0.4, -0.2) is 34.7 Å². The number of ether oxygens (including phenoxy) is 1. The molecule has 0 radical (unpaired) electrons. The van der Waals surface area contributed by atoms with E-state index < -0.39 is 5.91 Å². The van der Waals surface area contributed by atoms with Gasteiger partial charge in [-0.05, 0) is 31.0 Å². The van der Waals surface area contributed by atoms with Crippen molar-refractivity contribution in [3.05, 3.63) is 59.7 Å². The summed E-state index contributed by atoms with van der Waals surface area (Å²) >= 11 is 0. The number of aryl methyl sites for hydroxylation is 1. The summed E-state index contributed by atoms with van der Waals surface area (Å²) in [5, 5.41) is 9.48. The van der Waals surface area contributed by atoms with Gasteiger partial charge in [-0.2, -0.15) is 0 Å². The number of rotatable bonds is 7. The average Bonchev–Trinajstić information content (AvgIpc) is 3.07. The van der Waals surface area contributed by atoms with E-state index in [4.69, 9.17) is 9.26 Å². The number of carbonyl (C=O) groups is 1. The average molecular weight is 353 g/mol. The maximum atomic E-state index is 12.1. The smallest absolute Gasteiger partial charge is 0.277 e. The van der Waals surface area contributed by atoms with Gasteiger partial charge < -0.3 is 19.9 Å². The van der Waals surface area contributed by atoms with Crippen molar-refractivity contribution in [1.82, 2.24) is 15.1 Å². The number of amides is 1. The molecule has 3 rings (SSSR count). The molecule has 8 heteroatoms. The SMILES string of the molecule is COc1ccc(CCNc2cnc(C(=O)Nc3cc(C)on3)cn2)cc1. The fourth-order valence-corrected chi connectivity index (χ4v) is 2.27. The highest BCUT2D eigenvalue weighted by molar-refractivity contribution is 6.02. The number of nitrogens with one attached hydrogen (secondary N) is 2. The summed E-state index contributed by atoms with van der Waals surface area (Å²) < 4.78 is 10.0. The number of methoxy groups -OCH3 is 1. The molecule has 8 nitrogen and oxygen atoms in total. The van der Waals surface area contributed by atoms with Crippen molar-refractivity contribution in [3.63, 3.8) is 0 Å². The van der Waals surface area contributed by atoms with E-state index in [-0.39, 0.29) is 5.69 Å². The molecule has 1 aromatic carbocycles. The van der Waals surface area contributed by atoms with Gasteiger partial charge in [0.05, 0.1) is 19.5 Å². The van der Waals surface area contributed by atoms with E-state index in [2.05, 4.69) is 25.8 Å². The first-order valence-electron chi connectivity index (χ1n) is 8.07. The monoisotopic (exact) mass is 353 g/mol. The van der Waals surface area contributed by atoms with Crippen LogP contribution in [0.3, 0.4) is 0 Å². The van der Waals surface area contributed by atoms with Gasteiger partial charge in [-0.25, -0.2) is 9.97 Å². The Labute approximate surface area is 150 Å². The van der Waals surface area contributed by atoms with Crippen molar-refractivity contribution in [2.45, 2.75) is 13.3 Å². The van der Waals surface area contributed by atoms with E-state index >= 15 is 0 Å². The highest BCUT2D eigenvalue weighted by Gasteiger charge is 2.10. The molecule has 26 heavy (non-hydrogen) atoms. The number of carbonyl (C=O) groups excluding carboxylic acids is 1. The molecule has 0 spiro atoms. The molecular weight excluding hydrogens is 334 g/mol. The van der Waals surface area contributed by atoms with Crippen molar-refractivity contribution in [3.8, 4) is 5.75 Å². The van der Waals surface area contributed by atoms with E-state index in [1.807, 2.05) is 24.3 Å². The molecule has 3 aromatic rings. The van der Waals surface area contributed by atoms with Crippen molar-refractivity contribution >= 4 is 17.5 Å². The van der Waals surface area contributed by atoms with Crippen LogP contribution in [0.25, 0.3) is 0 Å². The highest BCUT2D eigenvalue weighted by atomic mass is 16.5. The zero-order valence-corrected chi connectivity index (χ0v) is 14.5. The number of nitrogens with zero attached hydrogens (tertiary/aromatic N) is 3. The van der Waals surface area contributed by atoms with Crippen LogP contribution in [0.15, 0.2) is 47.2 Å². The molecule has 2 N–H and O–H groups in total. The fourth-order valence-electron chi connectivity index (χ4n) is 2.27. The van der Waals surface area contributed by atoms with Gasteiger partial charge in [0.2, 0.25) is 0 Å². The highest BCUT2D eigenvalue weighted by Crippen LogP contribution is 2.12. The Balaban J connectivity index is 1.49. The van der Waals surface area contributed by atoms with E-state index in [1.54, 1.807) is 20.1 Å². The summed E-state index contributed by atoms with van der Waals surface area (Å²) in [6.07, 6.45) is 3.77. The van der Waals surface area contributed by atoms with Gasteiger partial charge in [0.25, 0.3) is 5.91 Å². The molecule has 0 unspecified atom stereocenters. The molecule has 0 saturated carbocycles. The van der Waals surface area contributed by atoms with Gasteiger partial charge >= 0.3 is 0 Å². The van der Waals surface area contributed by atoms with Crippen LogP contribution in [0, 0.1) is 6.92 Å². The maximum Gasteiger partial charge on any atom is 0.277 e. The molecule has 2 aromatic heterocycles. The lowest BCUT2D eigenvalue weighted by atomic mass is 10.1. The molecule has 1 amide bonds. The summed E-state index contributed by atoms with van der Waals surface area (Å²) in [7, 11) is 1.64. The minimum Gasteiger partial charge on any atom is -0.497 e. The summed E-state index contributed by atoms with van der Waals surface area (Å²) in [6.45, 7) is 2.44. The summed E-state index contributed by atoms with van der Waals surface area (Å²) in [6, 6.07) is 9.52. The number of aromatic nitrogens is 3. The normalized spacial score (nSPS) is 10.4. The summed E-state index contributed by atoms with van der Waals surface area (Å²) in [5.41, 5.74) is 1.39. The third kappa shape index (κ3) is 4.56. The van der Waals surface area contributed by atoms with E-state index in [1.165, 1.54) is 18.0 Å². The van der Waals surface area contributed by atoms with Crippen LogP contribution in [0.1, 0.15) is 21.8 Å². The molecular formula is C18H19N5O3. The van der Waals surface area contributed by atoms with E-state index in [9.17, 15) is 4.79 Å². The van der Waals surface area contributed by atoms with Crippen molar-refractivity contribution in [2.75, 3.05) is 24.3 Å². The zero-order valence-electron chi connectivity index (χ0n) is 14.5. The topological polar surface area (TPSA) is 102 Å². The Morgan fingerprint density at radius 3 is 2.58 bits per heavy atom. The second-order valence-electron chi connectivity index (χ2n) is 5.59. The Morgan fingerprint density at radius 1 is 1.15 bits per heavy atom. The molecule has 0 aliphatic carbocycles. The third-order valence-electron chi connectivity index (χ3n) is 3.63. The Bertz CT molecular complexity index is 859. The predicted octanol–water partition coefficient (Wildman–Crippen LogP) is 2.69. The molecule has 2 heterocycles. The lowest BCUT2D eigenvalue weighted by Crippen LogP contribution is -2.15. The molecule has 0 saturated heterocycles. The maximum absolute atomic E-state index is 12.1. The van der Waals surface area contributed by atoms with Crippen LogP contribution < -0.4 is 15.4 Å². The number of anilines is 2. The van der Waals surface area contributed by atoms with Gasteiger partial charge in [0.15, 0.2) is 5.82 Å². The molecule has 0 aliphatic rings. The minimum atomic E-state index is -0.393. The Kier molecular flexibility index (Phi) is 5.43. The second kappa shape index (κ2) is 8.11. The first-order valence-corrected chi connectivity index (χ1v) is 8.07. The molecule has 0 bridgehead atoms. The second-order valence-corrected chi connectivity index (χ2v) is 5.59. The molecule has 0 fully saturated rings. The van der Waals surface area contributed by atoms with Crippen LogP contribution in [0.2, 0.25) is 0 Å². The Morgan fingerprint density at radius 2 is 1.96 bits per heavy atom. The first kappa shape index (κ1) is 17.4. The largest absolute Gasteiger partial charge is 0.497 e. The van der Waals surface area contributed by atoms with Crippen LogP contribution in [0.5, 0.6) is 5.75 Å². The van der Waals surface area contributed by atoms with Gasteiger partial charge in [-0.3, -0.25) is 4.79 Å². The van der Waals surface area contributed by atoms with Gasteiger partial charge in [0.1, 0.15) is 23.0 Å². The summed E-state index contributed by atoms with van der Waals surface area (Å²) in [4.78, 5) is 20.4. The molecule has 0 atom stereocenters. The number of hydrogen-bond acceptors (Lipinski definition) is 7. The van der Waals surface area contributed by atoms with Crippen molar-refractivity contribution in [1.29, 1.82) is 0 Å². The third-order valence-corrected chi connectivity index (χ3v) is 3.63. The quantitative estimate of drug-likeness (QED) is 0.673. The van der Waals surface area contributed by atoms with Crippen LogP contribution in [0.4, 0.5) is 11.6 Å². The van der Waals surface area contributed by atoms with Gasteiger partial charge in [0, 0.05) is 12.6 Å². The van der Waals surface area contributed by atoms with Crippen LogP contribution >= 0.6 is 0 Å². The fraction of sp³-hybridized carbons (Fsp3) is 0.222. The Hall–Kier alpha value is -3.42. The minimum absolute atomic E-state index is 0.200. The lowest BCUT2D eigenvalue weighted by Gasteiger charge is -2.07. The van der Waals surface area contributed by atoms with Gasteiger partial charge in [-0.1, -0.05) is 17.3 Å². The van der Waals surface area contributed by atoms with Crippen molar-refractivity contribution < 1.29 is 14.1 Å².